The summed E-state index contributed by atoms with van der Waals surface area (Å²) in [5, 5.41) is 10.5. The number of rotatable bonds is 1. The van der Waals surface area contributed by atoms with Gasteiger partial charge in [0.05, 0.1) is 6.10 Å². The first-order valence-electron chi connectivity index (χ1n) is 8.83. The molecule has 0 amide bonds. The van der Waals surface area contributed by atoms with Gasteiger partial charge >= 0.3 is 0 Å². The molecule has 1 unspecified atom stereocenters. The number of aliphatic hydroxyl groups excluding tert-OH is 1. The second-order valence-electron chi connectivity index (χ2n) is 8.71. The largest absolute Gasteiger partial charge is 0.393 e. The van der Waals surface area contributed by atoms with Crippen molar-refractivity contribution in [3.8, 4) is 0 Å². The molecular formula is C20H32O. The smallest absolute Gasteiger partial charge is 0.0594 e. The number of fused-ring (bicyclic) bond motifs is 3. The molecule has 0 aromatic carbocycles. The zero-order valence-corrected chi connectivity index (χ0v) is 14.2. The third-order valence-electron chi connectivity index (χ3n) is 7.67. The molecule has 21 heavy (non-hydrogen) atoms. The summed E-state index contributed by atoms with van der Waals surface area (Å²) in [6.45, 7) is 13.5. The van der Waals surface area contributed by atoms with Crippen LogP contribution in [-0.4, -0.2) is 11.2 Å². The normalized spacial score (nSPS) is 48.8. The van der Waals surface area contributed by atoms with Crippen molar-refractivity contribution in [2.45, 2.75) is 65.9 Å². The molecule has 3 aliphatic carbocycles. The standard InChI is InChI=1S/C20H32O/c1-6-14-7-9-16-15(13(14)2)8-10-17-19(3,4)18(21)11-12-20(16,17)5/h6-7,13,15-18,21H,1,8-12H2,2-5H3/t13?,15-,16-,17-,18-,20+/m1/s1. The fourth-order valence-corrected chi connectivity index (χ4v) is 6.28. The molecule has 2 fully saturated rings. The molecule has 3 aliphatic rings. The Hall–Kier alpha value is -0.560. The molecule has 0 aromatic heterocycles. The minimum absolute atomic E-state index is 0.0731. The molecule has 0 aliphatic heterocycles. The minimum Gasteiger partial charge on any atom is -0.393 e. The number of aliphatic hydroxyl groups is 1. The van der Waals surface area contributed by atoms with E-state index in [0.717, 1.165) is 18.3 Å². The molecule has 1 nitrogen and oxygen atoms in total. The van der Waals surface area contributed by atoms with Crippen LogP contribution < -0.4 is 0 Å². The SMILES string of the molecule is C=CC1=CC[C@@H]2[C@H](CC[C@@H]3C(C)(C)[C@H](O)CC[C@@]23C)C1C. The summed E-state index contributed by atoms with van der Waals surface area (Å²) >= 11 is 0. The maximum Gasteiger partial charge on any atom is 0.0594 e. The topological polar surface area (TPSA) is 20.2 Å². The number of hydrogen-bond acceptors (Lipinski definition) is 1. The summed E-state index contributed by atoms with van der Waals surface area (Å²) in [5.41, 5.74) is 1.95. The van der Waals surface area contributed by atoms with Gasteiger partial charge in [0.1, 0.15) is 0 Å². The summed E-state index contributed by atoms with van der Waals surface area (Å²) in [7, 11) is 0. The molecule has 3 rings (SSSR count). The Labute approximate surface area is 130 Å². The molecule has 0 aromatic rings. The van der Waals surface area contributed by atoms with Gasteiger partial charge in [0.2, 0.25) is 0 Å². The van der Waals surface area contributed by atoms with Crippen LogP contribution in [-0.2, 0) is 0 Å². The summed E-state index contributed by atoms with van der Waals surface area (Å²) in [5.74, 6) is 2.94. The summed E-state index contributed by atoms with van der Waals surface area (Å²) in [4.78, 5) is 0. The van der Waals surface area contributed by atoms with E-state index in [1.165, 1.54) is 31.3 Å². The molecule has 0 spiro atoms. The van der Waals surface area contributed by atoms with Gasteiger partial charge in [0.15, 0.2) is 0 Å². The highest BCUT2D eigenvalue weighted by atomic mass is 16.3. The van der Waals surface area contributed by atoms with E-state index in [0.29, 0.717) is 17.3 Å². The monoisotopic (exact) mass is 288 g/mol. The van der Waals surface area contributed by atoms with Crippen LogP contribution in [0.1, 0.15) is 59.8 Å². The van der Waals surface area contributed by atoms with Gasteiger partial charge in [-0.15, -0.1) is 0 Å². The van der Waals surface area contributed by atoms with Crippen molar-refractivity contribution >= 4 is 0 Å². The zero-order chi connectivity index (χ0) is 15.4. The lowest BCUT2D eigenvalue weighted by Crippen LogP contribution is -2.57. The maximum atomic E-state index is 10.5. The predicted octanol–water partition coefficient (Wildman–Crippen LogP) is 4.97. The average Bonchev–Trinajstić information content (AvgIpc) is 2.44. The Kier molecular flexibility index (Phi) is 3.64. The molecule has 0 bridgehead atoms. The van der Waals surface area contributed by atoms with Crippen LogP contribution in [0.4, 0.5) is 0 Å². The number of hydrogen-bond donors (Lipinski definition) is 1. The highest BCUT2D eigenvalue weighted by Crippen LogP contribution is 2.64. The molecule has 1 heteroatoms. The Bertz CT molecular complexity index is 460. The first-order chi connectivity index (χ1) is 9.82. The van der Waals surface area contributed by atoms with Crippen molar-refractivity contribution < 1.29 is 5.11 Å². The van der Waals surface area contributed by atoms with Crippen LogP contribution in [0.15, 0.2) is 24.3 Å². The van der Waals surface area contributed by atoms with Crippen molar-refractivity contribution in [2.75, 3.05) is 0 Å². The van der Waals surface area contributed by atoms with Gasteiger partial charge in [-0.2, -0.15) is 0 Å². The second-order valence-corrected chi connectivity index (χ2v) is 8.71. The third-order valence-corrected chi connectivity index (χ3v) is 7.67. The molecule has 0 radical (unpaired) electrons. The molecule has 118 valence electrons. The average molecular weight is 288 g/mol. The first kappa shape index (κ1) is 15.3. The van der Waals surface area contributed by atoms with Crippen LogP contribution in [0.25, 0.3) is 0 Å². The van der Waals surface area contributed by atoms with Crippen molar-refractivity contribution in [3.63, 3.8) is 0 Å². The van der Waals surface area contributed by atoms with E-state index < -0.39 is 0 Å². The summed E-state index contributed by atoms with van der Waals surface area (Å²) < 4.78 is 0. The summed E-state index contributed by atoms with van der Waals surface area (Å²) in [6, 6.07) is 0. The Morgan fingerprint density at radius 3 is 2.62 bits per heavy atom. The van der Waals surface area contributed by atoms with Crippen LogP contribution in [0, 0.1) is 34.5 Å². The van der Waals surface area contributed by atoms with Gasteiger partial charge < -0.3 is 5.11 Å². The minimum atomic E-state index is -0.118. The Balaban J connectivity index is 1.96. The van der Waals surface area contributed by atoms with E-state index in [4.69, 9.17) is 0 Å². The summed E-state index contributed by atoms with van der Waals surface area (Å²) in [6.07, 6.45) is 10.4. The molecule has 1 N–H and O–H groups in total. The second kappa shape index (κ2) is 4.98. The number of allylic oxidation sites excluding steroid dienone is 3. The van der Waals surface area contributed by atoms with Crippen LogP contribution in [0.5, 0.6) is 0 Å². The van der Waals surface area contributed by atoms with E-state index >= 15 is 0 Å². The highest BCUT2D eigenvalue weighted by molar-refractivity contribution is 5.25. The molecule has 2 saturated carbocycles. The third kappa shape index (κ3) is 2.07. The quantitative estimate of drug-likeness (QED) is 0.722. The van der Waals surface area contributed by atoms with E-state index in [1.54, 1.807) is 0 Å². The first-order valence-corrected chi connectivity index (χ1v) is 8.83. The van der Waals surface area contributed by atoms with Crippen LogP contribution in [0.2, 0.25) is 0 Å². The maximum absolute atomic E-state index is 10.5. The molecule has 6 atom stereocenters. The van der Waals surface area contributed by atoms with Gasteiger partial charge in [0.25, 0.3) is 0 Å². The van der Waals surface area contributed by atoms with Crippen molar-refractivity contribution in [1.82, 2.24) is 0 Å². The van der Waals surface area contributed by atoms with Gasteiger partial charge in [0, 0.05) is 0 Å². The van der Waals surface area contributed by atoms with Crippen molar-refractivity contribution in [1.29, 1.82) is 0 Å². The van der Waals surface area contributed by atoms with Crippen LogP contribution in [0.3, 0.4) is 0 Å². The fourth-order valence-electron chi connectivity index (χ4n) is 6.28. The van der Waals surface area contributed by atoms with Gasteiger partial charge in [-0.05, 0) is 72.2 Å². The Morgan fingerprint density at radius 2 is 1.95 bits per heavy atom. The molecule has 0 heterocycles. The molecular weight excluding hydrogens is 256 g/mol. The van der Waals surface area contributed by atoms with E-state index in [-0.39, 0.29) is 11.5 Å². The van der Waals surface area contributed by atoms with Crippen LogP contribution >= 0.6 is 0 Å². The molecule has 0 saturated heterocycles. The predicted molar refractivity (Wildman–Crippen MR) is 88.9 cm³/mol. The van der Waals surface area contributed by atoms with Crippen molar-refractivity contribution in [3.05, 3.63) is 24.3 Å². The van der Waals surface area contributed by atoms with Gasteiger partial charge in [-0.1, -0.05) is 46.4 Å². The van der Waals surface area contributed by atoms with E-state index in [9.17, 15) is 5.11 Å². The Morgan fingerprint density at radius 1 is 1.24 bits per heavy atom. The van der Waals surface area contributed by atoms with Crippen molar-refractivity contribution in [2.24, 2.45) is 34.5 Å². The fraction of sp³-hybridized carbons (Fsp3) is 0.800. The highest BCUT2D eigenvalue weighted by Gasteiger charge is 2.58. The lowest BCUT2D eigenvalue weighted by Gasteiger charge is -2.62. The van der Waals surface area contributed by atoms with Gasteiger partial charge in [-0.3, -0.25) is 0 Å². The van der Waals surface area contributed by atoms with E-state index in [1.807, 2.05) is 0 Å². The van der Waals surface area contributed by atoms with Gasteiger partial charge in [-0.25, -0.2) is 0 Å². The lowest BCUT2D eigenvalue weighted by molar-refractivity contribution is -0.155. The van der Waals surface area contributed by atoms with E-state index in [2.05, 4.69) is 46.4 Å². The zero-order valence-electron chi connectivity index (χ0n) is 14.2. The lowest BCUT2D eigenvalue weighted by atomic mass is 9.43.